The van der Waals surface area contributed by atoms with Crippen molar-refractivity contribution in [1.82, 2.24) is 5.32 Å². The molecule has 0 spiro atoms. The van der Waals surface area contributed by atoms with E-state index in [0.717, 1.165) is 128 Å². The Morgan fingerprint density at radius 3 is 1.15 bits per heavy atom. The van der Waals surface area contributed by atoms with Crippen LogP contribution in [-0.2, 0) is 27.9 Å². The molecule has 0 aromatic carbocycles. The first-order chi connectivity index (χ1) is 41.4. The minimum absolute atomic E-state index is 0.0359. The Kier molecular flexibility index (Phi) is 60.3. The molecule has 3 unspecified atom stereocenters. The van der Waals surface area contributed by atoms with E-state index in [1.165, 1.54) is 103 Å². The van der Waals surface area contributed by atoms with Crippen molar-refractivity contribution in [1.29, 1.82) is 0 Å². The van der Waals surface area contributed by atoms with E-state index in [9.17, 15) is 19.0 Å². The monoisotopic (exact) mass is 1200 g/mol. The van der Waals surface area contributed by atoms with Gasteiger partial charge in [0.1, 0.15) is 19.3 Å². The van der Waals surface area contributed by atoms with E-state index in [-0.39, 0.29) is 31.3 Å². The van der Waals surface area contributed by atoms with Crippen LogP contribution in [0.15, 0.2) is 134 Å². The molecule has 9 nitrogen and oxygen atoms in total. The maximum Gasteiger partial charge on any atom is 0.306 e. The molecular weight excluding hydrogens is 1070 g/mol. The molecule has 1 amide bonds. The van der Waals surface area contributed by atoms with E-state index in [4.69, 9.17) is 13.8 Å². The molecule has 486 valence electrons. The van der Waals surface area contributed by atoms with Crippen LogP contribution in [0.5, 0.6) is 0 Å². The number of carbonyl (C=O) groups excluding carboxylic acids is 2. The van der Waals surface area contributed by atoms with Crippen LogP contribution in [0.25, 0.3) is 0 Å². The van der Waals surface area contributed by atoms with Crippen molar-refractivity contribution in [2.45, 2.75) is 290 Å². The van der Waals surface area contributed by atoms with Crippen molar-refractivity contribution in [3.8, 4) is 0 Å². The molecule has 0 aliphatic rings. The van der Waals surface area contributed by atoms with E-state index in [1.807, 2.05) is 33.3 Å². The summed E-state index contributed by atoms with van der Waals surface area (Å²) in [6.07, 6.45) is 90.0. The van der Waals surface area contributed by atoms with Crippen LogP contribution in [0.1, 0.15) is 278 Å². The van der Waals surface area contributed by atoms with Crippen LogP contribution in [0.2, 0.25) is 0 Å². The van der Waals surface area contributed by atoms with Gasteiger partial charge < -0.3 is 28.5 Å². The number of phosphoric ester groups is 1. The van der Waals surface area contributed by atoms with Crippen LogP contribution in [-0.4, -0.2) is 69.4 Å². The van der Waals surface area contributed by atoms with Crippen LogP contribution in [0.3, 0.4) is 0 Å². The lowest BCUT2D eigenvalue weighted by molar-refractivity contribution is -0.870. The molecule has 0 aliphatic carbocycles. The molecule has 0 saturated heterocycles. The summed E-state index contributed by atoms with van der Waals surface area (Å²) >= 11 is 0. The normalized spacial score (nSPS) is 14.4. The quantitative estimate of drug-likeness (QED) is 0.0212. The topological polar surface area (TPSA) is 114 Å². The number of esters is 1. The molecule has 0 rings (SSSR count). The van der Waals surface area contributed by atoms with Crippen molar-refractivity contribution >= 4 is 19.7 Å². The number of hydrogen-bond donors (Lipinski definition) is 1. The maximum absolute atomic E-state index is 13.6. The molecule has 1 N–H and O–H groups in total. The number of hydrogen-bond acceptors (Lipinski definition) is 7. The van der Waals surface area contributed by atoms with Gasteiger partial charge in [0.15, 0.2) is 0 Å². The van der Waals surface area contributed by atoms with E-state index in [1.54, 1.807) is 0 Å². The van der Waals surface area contributed by atoms with E-state index < -0.39 is 26.6 Å². The van der Waals surface area contributed by atoms with Crippen molar-refractivity contribution in [2.24, 2.45) is 0 Å². The molecular formula is C75H129N2O7P. The number of nitrogens with one attached hydrogen (secondary N) is 1. The smallest absolute Gasteiger partial charge is 0.306 e. The third-order valence-electron chi connectivity index (χ3n) is 14.6. The summed E-state index contributed by atoms with van der Waals surface area (Å²) in [5.74, 6) is -0.584. The van der Waals surface area contributed by atoms with Gasteiger partial charge in [0.2, 0.25) is 5.91 Å². The Morgan fingerprint density at radius 2 is 0.753 bits per heavy atom. The summed E-state index contributed by atoms with van der Waals surface area (Å²) in [5.41, 5.74) is 0. The van der Waals surface area contributed by atoms with Gasteiger partial charge in [-0.25, -0.2) is 0 Å². The summed E-state index contributed by atoms with van der Waals surface area (Å²) in [6, 6.07) is -0.915. The van der Waals surface area contributed by atoms with Gasteiger partial charge in [0.25, 0.3) is 7.82 Å². The van der Waals surface area contributed by atoms with Gasteiger partial charge in [0.05, 0.1) is 33.8 Å². The average molecular weight is 1200 g/mol. The lowest BCUT2D eigenvalue weighted by Crippen LogP contribution is -2.47. The minimum Gasteiger partial charge on any atom is -0.756 e. The molecule has 85 heavy (non-hydrogen) atoms. The van der Waals surface area contributed by atoms with E-state index in [2.05, 4.69) is 148 Å². The summed E-state index contributed by atoms with van der Waals surface area (Å²) in [5, 5.41) is 3.02. The van der Waals surface area contributed by atoms with Gasteiger partial charge >= 0.3 is 5.97 Å². The zero-order valence-electron chi connectivity index (χ0n) is 55.5. The molecule has 0 bridgehead atoms. The molecule has 3 atom stereocenters. The van der Waals surface area contributed by atoms with Gasteiger partial charge in [-0.2, -0.15) is 0 Å². The Balaban J connectivity index is 5.16. The number of nitrogens with zero attached hydrogens (tertiary/aromatic N) is 1. The highest BCUT2D eigenvalue weighted by molar-refractivity contribution is 7.45. The summed E-state index contributed by atoms with van der Waals surface area (Å²) in [4.78, 5) is 40.1. The van der Waals surface area contributed by atoms with Gasteiger partial charge in [-0.05, 0) is 128 Å². The number of phosphoric acid groups is 1. The fraction of sp³-hybridized carbons (Fsp3) is 0.680. The van der Waals surface area contributed by atoms with Gasteiger partial charge in [-0.15, -0.1) is 0 Å². The van der Waals surface area contributed by atoms with Gasteiger partial charge in [-0.1, -0.05) is 270 Å². The van der Waals surface area contributed by atoms with Crippen molar-refractivity contribution < 1.29 is 37.3 Å². The first-order valence-electron chi connectivity index (χ1n) is 34.5. The Morgan fingerprint density at radius 1 is 0.424 bits per heavy atom. The number of allylic oxidation sites excluding steroid dienone is 21. The van der Waals surface area contributed by atoms with Crippen molar-refractivity contribution in [3.63, 3.8) is 0 Å². The summed E-state index contributed by atoms with van der Waals surface area (Å²) < 4.78 is 30.4. The predicted molar refractivity (Wildman–Crippen MR) is 366 cm³/mol. The molecule has 0 aromatic heterocycles. The first kappa shape index (κ1) is 81.2. The average Bonchev–Trinajstić information content (AvgIpc) is 3.62. The number of quaternary nitrogens is 1. The van der Waals surface area contributed by atoms with Crippen LogP contribution in [0, 0.1) is 0 Å². The van der Waals surface area contributed by atoms with E-state index >= 15 is 0 Å². The Hall–Kier alpha value is -3.85. The van der Waals surface area contributed by atoms with Gasteiger partial charge in [-0.3, -0.25) is 14.2 Å². The summed E-state index contributed by atoms with van der Waals surface area (Å²) in [7, 11) is 1.15. The van der Waals surface area contributed by atoms with Crippen molar-refractivity contribution in [2.75, 3.05) is 40.9 Å². The highest BCUT2D eigenvalue weighted by atomic mass is 31.2. The van der Waals surface area contributed by atoms with Gasteiger partial charge in [0, 0.05) is 12.8 Å². The first-order valence-corrected chi connectivity index (χ1v) is 36.0. The highest BCUT2D eigenvalue weighted by Crippen LogP contribution is 2.38. The van der Waals surface area contributed by atoms with Crippen LogP contribution < -0.4 is 10.2 Å². The summed E-state index contributed by atoms with van der Waals surface area (Å²) in [6.45, 7) is 6.67. The fourth-order valence-electron chi connectivity index (χ4n) is 9.27. The highest BCUT2D eigenvalue weighted by Gasteiger charge is 2.27. The number of rotatable bonds is 61. The second-order valence-corrected chi connectivity index (χ2v) is 25.4. The largest absolute Gasteiger partial charge is 0.756 e. The zero-order valence-corrected chi connectivity index (χ0v) is 56.4. The SMILES string of the molecule is CC/C=C\C/C=C\C/C=C\C/C=C\C/C=C\C/C=C\CCCCCCC(=O)NC(COP(=O)([O-])OCC[N+](C)(C)C)C(/C=C/CCCCCCCCCCC)OC(=O)CCCCCCCCCCC/C=C\C/C=C\C/C=C\C/C=C\CCCCC. The fourth-order valence-corrected chi connectivity index (χ4v) is 10.00. The Bertz CT molecular complexity index is 1920. The maximum atomic E-state index is 13.6. The van der Waals surface area contributed by atoms with E-state index in [0.29, 0.717) is 23.9 Å². The predicted octanol–water partition coefficient (Wildman–Crippen LogP) is 21.4. The van der Waals surface area contributed by atoms with Crippen LogP contribution in [0.4, 0.5) is 0 Å². The second-order valence-electron chi connectivity index (χ2n) is 23.9. The second kappa shape index (κ2) is 63.2. The number of likely N-dealkylation sites (N-methyl/N-ethyl adjacent to an activating group) is 1. The molecule has 0 saturated carbocycles. The number of carbonyl (C=O) groups is 2. The Labute approximate surface area is 524 Å². The molecule has 0 heterocycles. The molecule has 0 radical (unpaired) electrons. The number of ether oxygens (including phenoxy) is 1. The molecule has 10 heteroatoms. The molecule has 0 aromatic rings. The standard InChI is InChI=1S/C75H129N2O7P/c1-7-10-13-16-19-22-25-27-29-31-33-35-37-38-40-42-44-46-48-50-53-56-59-62-65-68-75(79)84-73(66-63-60-57-54-51-24-21-18-15-12-9-3)72(71-83-85(80,81)82-70-69-77(4,5)6)76-74(78)67-64-61-58-55-52-49-47-45-43-41-39-36-34-32-30-28-26-23-20-17-14-11-8-2/h11,14,19-20,22-23,27-30,33-36,38,40-41,43,47,49,63,66,72-73H,7-10,12-13,15-18,21,24-26,31-32,37,39,42,44-46,48,50-62,64-65,67-71H2,1-6H3,(H-,76,78,80,81)/b14-11-,22-19-,23-20-,29-27-,30-28-,35-33-,36-34-,40-38-,43-41-,49-47-,66-63+. The minimum atomic E-state index is -4.72. The third kappa shape index (κ3) is 64.5. The number of unbranched alkanes of at least 4 members (excludes halogenated alkanes) is 25. The van der Waals surface area contributed by atoms with Crippen LogP contribution >= 0.6 is 7.82 Å². The van der Waals surface area contributed by atoms with Crippen molar-refractivity contribution in [3.05, 3.63) is 134 Å². The lowest BCUT2D eigenvalue weighted by atomic mass is 10.1. The molecule has 0 aliphatic heterocycles. The lowest BCUT2D eigenvalue weighted by Gasteiger charge is -2.30. The zero-order chi connectivity index (χ0) is 62.1. The number of amides is 1. The third-order valence-corrected chi connectivity index (χ3v) is 15.5. The molecule has 0 fully saturated rings.